The van der Waals surface area contributed by atoms with E-state index in [0.29, 0.717) is 18.7 Å². The molecule has 0 saturated carbocycles. The summed E-state index contributed by atoms with van der Waals surface area (Å²) in [7, 11) is -3.19. The highest BCUT2D eigenvalue weighted by molar-refractivity contribution is 7.92. The Labute approximate surface area is 120 Å². The number of amides is 1. The number of hydrogen-bond donors (Lipinski definition) is 2. The second-order valence-electron chi connectivity index (χ2n) is 4.79. The van der Waals surface area contributed by atoms with Crippen molar-refractivity contribution in [3.8, 4) is 0 Å². The van der Waals surface area contributed by atoms with Crippen molar-refractivity contribution in [1.29, 1.82) is 0 Å². The van der Waals surface area contributed by atoms with Crippen LogP contribution in [0.3, 0.4) is 0 Å². The molecule has 1 unspecified atom stereocenters. The van der Waals surface area contributed by atoms with Crippen molar-refractivity contribution in [2.75, 3.05) is 11.1 Å². The molecule has 0 aliphatic carbocycles. The molecule has 0 bridgehead atoms. The van der Waals surface area contributed by atoms with Crippen LogP contribution in [-0.2, 0) is 21.2 Å². The average Bonchev–Trinajstić information content (AvgIpc) is 2.44. The van der Waals surface area contributed by atoms with Crippen LogP contribution in [-0.4, -0.2) is 25.3 Å². The summed E-state index contributed by atoms with van der Waals surface area (Å²) < 4.78 is 23.6. The van der Waals surface area contributed by atoms with Crippen LogP contribution in [0.1, 0.15) is 32.3 Å². The predicted molar refractivity (Wildman–Crippen MR) is 81.1 cm³/mol. The minimum absolute atomic E-state index is 0.0282. The van der Waals surface area contributed by atoms with Crippen molar-refractivity contribution in [1.82, 2.24) is 0 Å². The highest BCUT2D eigenvalue weighted by atomic mass is 32.2. The lowest BCUT2D eigenvalue weighted by Crippen LogP contribution is -2.24. The number of carbonyl (C=O) groups excluding carboxylic acids is 1. The summed E-state index contributed by atoms with van der Waals surface area (Å²) in [5.74, 6) is -0.421. The number of nitrogens with two attached hydrogens (primary N) is 1. The van der Waals surface area contributed by atoms with Crippen molar-refractivity contribution in [3.63, 3.8) is 0 Å². The Kier molecular flexibility index (Phi) is 6.16. The van der Waals surface area contributed by atoms with Gasteiger partial charge in [-0.05, 0) is 31.0 Å². The maximum Gasteiger partial charge on any atom is 0.225 e. The Morgan fingerprint density at radius 2 is 2.10 bits per heavy atom. The smallest absolute Gasteiger partial charge is 0.225 e. The van der Waals surface area contributed by atoms with Gasteiger partial charge >= 0.3 is 0 Å². The number of anilines is 1. The molecule has 0 fully saturated rings. The van der Waals surface area contributed by atoms with Crippen molar-refractivity contribution >= 4 is 21.4 Å². The Balaban J connectivity index is 2.56. The van der Waals surface area contributed by atoms with E-state index in [1.165, 1.54) is 0 Å². The molecule has 1 amide bonds. The number of hydrogen-bond acceptors (Lipinski definition) is 4. The van der Waals surface area contributed by atoms with Gasteiger partial charge in [0.1, 0.15) is 0 Å². The van der Waals surface area contributed by atoms with Gasteiger partial charge in [0.15, 0.2) is 9.84 Å². The highest BCUT2D eigenvalue weighted by Gasteiger charge is 2.20. The lowest BCUT2D eigenvalue weighted by Gasteiger charge is -2.11. The molecule has 112 valence electrons. The van der Waals surface area contributed by atoms with Gasteiger partial charge in [0.25, 0.3) is 0 Å². The van der Waals surface area contributed by atoms with E-state index >= 15 is 0 Å². The zero-order chi connectivity index (χ0) is 15.2. The molecule has 1 aromatic rings. The zero-order valence-electron chi connectivity index (χ0n) is 11.9. The molecule has 1 rings (SSSR count). The normalized spacial score (nSPS) is 12.9. The Morgan fingerprint density at radius 3 is 2.70 bits per heavy atom. The fourth-order valence-electron chi connectivity index (χ4n) is 1.69. The quantitative estimate of drug-likeness (QED) is 0.801. The number of nitrogens with one attached hydrogen (secondary N) is 1. The summed E-state index contributed by atoms with van der Waals surface area (Å²) in [6, 6.07) is 7.19. The number of rotatable bonds is 7. The third kappa shape index (κ3) is 4.94. The standard InChI is InChI=1S/C14H22N2O3S/c1-3-11(2)20(18,19)8-7-14(17)16-13-6-4-5-12(9-13)10-15/h4-6,9,11H,3,7-8,10,15H2,1-2H3,(H,16,17). The maximum atomic E-state index is 11.8. The summed E-state index contributed by atoms with van der Waals surface area (Å²) in [6.45, 7) is 3.88. The molecule has 0 aromatic heterocycles. The number of benzene rings is 1. The van der Waals surface area contributed by atoms with Crippen molar-refractivity contribution < 1.29 is 13.2 Å². The topological polar surface area (TPSA) is 89.3 Å². The molecular formula is C14H22N2O3S. The van der Waals surface area contributed by atoms with Crippen LogP contribution >= 0.6 is 0 Å². The molecule has 0 aliphatic heterocycles. The third-order valence-corrected chi connectivity index (χ3v) is 5.58. The van der Waals surface area contributed by atoms with E-state index in [2.05, 4.69) is 5.32 Å². The largest absolute Gasteiger partial charge is 0.326 e. The molecule has 0 spiro atoms. The molecule has 20 heavy (non-hydrogen) atoms. The van der Waals surface area contributed by atoms with Crippen LogP contribution in [0.4, 0.5) is 5.69 Å². The lowest BCUT2D eigenvalue weighted by molar-refractivity contribution is -0.115. The lowest BCUT2D eigenvalue weighted by atomic mass is 10.2. The van der Waals surface area contributed by atoms with Gasteiger partial charge in [0, 0.05) is 18.7 Å². The first-order chi connectivity index (χ1) is 9.39. The molecular weight excluding hydrogens is 276 g/mol. The van der Waals surface area contributed by atoms with Crippen LogP contribution < -0.4 is 11.1 Å². The number of carbonyl (C=O) groups is 1. The first-order valence-electron chi connectivity index (χ1n) is 6.69. The predicted octanol–water partition coefficient (Wildman–Crippen LogP) is 1.69. The van der Waals surface area contributed by atoms with Crippen LogP contribution in [0, 0.1) is 0 Å². The van der Waals surface area contributed by atoms with Gasteiger partial charge in [0.2, 0.25) is 5.91 Å². The maximum absolute atomic E-state index is 11.8. The molecule has 6 heteroatoms. The molecule has 1 atom stereocenters. The van der Waals surface area contributed by atoms with E-state index in [-0.39, 0.29) is 18.1 Å². The van der Waals surface area contributed by atoms with Crippen molar-refractivity contribution in [3.05, 3.63) is 29.8 Å². The van der Waals surface area contributed by atoms with Gasteiger partial charge < -0.3 is 11.1 Å². The summed E-state index contributed by atoms with van der Waals surface area (Å²) in [5, 5.41) is 2.28. The summed E-state index contributed by atoms with van der Waals surface area (Å²) >= 11 is 0. The van der Waals surface area contributed by atoms with Gasteiger partial charge in [-0.2, -0.15) is 0 Å². The van der Waals surface area contributed by atoms with E-state index in [1.807, 2.05) is 13.0 Å². The molecule has 0 saturated heterocycles. The summed E-state index contributed by atoms with van der Waals surface area (Å²) in [4.78, 5) is 11.8. The van der Waals surface area contributed by atoms with E-state index < -0.39 is 15.1 Å². The van der Waals surface area contributed by atoms with Crippen LogP contribution in [0.2, 0.25) is 0 Å². The van der Waals surface area contributed by atoms with E-state index in [9.17, 15) is 13.2 Å². The van der Waals surface area contributed by atoms with Gasteiger partial charge in [0.05, 0.1) is 11.0 Å². The van der Waals surface area contributed by atoms with Gasteiger partial charge in [-0.25, -0.2) is 8.42 Å². The highest BCUT2D eigenvalue weighted by Crippen LogP contribution is 2.12. The Hall–Kier alpha value is -1.40. The fraction of sp³-hybridized carbons (Fsp3) is 0.500. The molecule has 0 heterocycles. The van der Waals surface area contributed by atoms with Crippen LogP contribution in [0.15, 0.2) is 24.3 Å². The fourth-order valence-corrected chi connectivity index (χ4v) is 3.07. The molecule has 0 aliphatic rings. The van der Waals surface area contributed by atoms with Crippen LogP contribution in [0.25, 0.3) is 0 Å². The molecule has 0 radical (unpaired) electrons. The summed E-state index contributed by atoms with van der Waals surface area (Å²) in [5.41, 5.74) is 7.07. The molecule has 1 aromatic carbocycles. The van der Waals surface area contributed by atoms with Gasteiger partial charge in [-0.3, -0.25) is 4.79 Å². The SMILES string of the molecule is CCC(C)S(=O)(=O)CCC(=O)Nc1cccc(CN)c1. The van der Waals surface area contributed by atoms with Gasteiger partial charge in [-0.1, -0.05) is 19.1 Å². The second-order valence-corrected chi connectivity index (χ2v) is 7.33. The minimum Gasteiger partial charge on any atom is -0.326 e. The van der Waals surface area contributed by atoms with Crippen molar-refractivity contribution in [2.45, 2.75) is 38.5 Å². The van der Waals surface area contributed by atoms with E-state index in [0.717, 1.165) is 5.56 Å². The zero-order valence-corrected chi connectivity index (χ0v) is 12.7. The minimum atomic E-state index is -3.19. The Morgan fingerprint density at radius 1 is 1.40 bits per heavy atom. The van der Waals surface area contributed by atoms with E-state index in [4.69, 9.17) is 5.73 Å². The van der Waals surface area contributed by atoms with Gasteiger partial charge in [-0.15, -0.1) is 0 Å². The second kappa shape index (κ2) is 7.40. The Bertz CT molecular complexity index is 555. The molecule has 5 nitrogen and oxygen atoms in total. The first-order valence-corrected chi connectivity index (χ1v) is 8.41. The number of sulfone groups is 1. The first kappa shape index (κ1) is 16.7. The third-order valence-electron chi connectivity index (χ3n) is 3.25. The average molecular weight is 298 g/mol. The van der Waals surface area contributed by atoms with Crippen LogP contribution in [0.5, 0.6) is 0 Å². The monoisotopic (exact) mass is 298 g/mol. The van der Waals surface area contributed by atoms with Crippen molar-refractivity contribution in [2.24, 2.45) is 5.73 Å². The molecule has 3 N–H and O–H groups in total. The van der Waals surface area contributed by atoms with E-state index in [1.54, 1.807) is 25.1 Å². The summed E-state index contributed by atoms with van der Waals surface area (Å²) in [6.07, 6.45) is 0.530.